The number of aliphatic hydroxyl groups excluding tert-OH is 6. The molecule has 0 spiro atoms. The molecule has 7 nitrogen and oxygen atoms in total. The highest BCUT2D eigenvalue weighted by molar-refractivity contribution is 5.85. The fourth-order valence-electron chi connectivity index (χ4n) is 1.01. The van der Waals surface area contributed by atoms with Crippen LogP contribution in [0.3, 0.4) is 0 Å². The lowest BCUT2D eigenvalue weighted by Gasteiger charge is -2.25. The molecule has 16 heavy (non-hydrogen) atoms. The first-order valence-corrected chi connectivity index (χ1v) is 4.69. The molecule has 0 saturated heterocycles. The van der Waals surface area contributed by atoms with Gasteiger partial charge in [0.2, 0.25) is 0 Å². The third kappa shape index (κ3) is 6.56. The molecule has 0 bridgehead atoms. The Hall–Kier alpha value is 0.01000. The Bertz CT molecular complexity index is 163. The maximum absolute atomic E-state index is 9.31. The fraction of sp³-hybridized carbons (Fsp3) is 1.00. The second kappa shape index (κ2) is 10.2. The van der Waals surface area contributed by atoms with Crippen molar-refractivity contribution >= 4 is 12.4 Å². The van der Waals surface area contributed by atoms with E-state index in [0.717, 1.165) is 0 Å². The standard InChI is InChI=1S/C8H19NO6.ClH/c10-2-1-9-3-5(12)7(14)8(15)6(13)4-11;/h5-15H,1-4H2;1H/t5-,6+,7+,8+;/m0./s1. The maximum atomic E-state index is 9.31. The van der Waals surface area contributed by atoms with Crippen LogP contribution in [0.1, 0.15) is 0 Å². The van der Waals surface area contributed by atoms with Gasteiger partial charge in [-0.05, 0) is 0 Å². The van der Waals surface area contributed by atoms with Gasteiger partial charge in [0.25, 0.3) is 0 Å². The molecule has 0 saturated carbocycles. The minimum atomic E-state index is -1.61. The Morgan fingerprint density at radius 1 is 0.875 bits per heavy atom. The molecular formula is C8H20ClNO6. The highest BCUT2D eigenvalue weighted by atomic mass is 35.5. The zero-order valence-corrected chi connectivity index (χ0v) is 9.55. The minimum Gasteiger partial charge on any atom is -0.395 e. The van der Waals surface area contributed by atoms with Crippen LogP contribution in [-0.2, 0) is 0 Å². The monoisotopic (exact) mass is 261 g/mol. The highest BCUT2D eigenvalue weighted by Gasteiger charge is 2.29. The molecule has 4 atom stereocenters. The summed E-state index contributed by atoms with van der Waals surface area (Å²) >= 11 is 0. The average Bonchev–Trinajstić information content (AvgIpc) is 2.26. The highest BCUT2D eigenvalue weighted by Crippen LogP contribution is 2.04. The summed E-state index contributed by atoms with van der Waals surface area (Å²) in [6.45, 7) is -0.584. The molecule has 0 heterocycles. The number of halogens is 1. The third-order valence-corrected chi connectivity index (χ3v) is 1.97. The van der Waals surface area contributed by atoms with Crippen LogP contribution < -0.4 is 5.32 Å². The van der Waals surface area contributed by atoms with Gasteiger partial charge < -0.3 is 36.0 Å². The Balaban J connectivity index is 0. The molecule has 7 N–H and O–H groups in total. The van der Waals surface area contributed by atoms with Gasteiger partial charge in [0, 0.05) is 13.1 Å². The smallest absolute Gasteiger partial charge is 0.111 e. The predicted octanol–water partition coefficient (Wildman–Crippen LogP) is -3.57. The van der Waals surface area contributed by atoms with Gasteiger partial charge in [0.1, 0.15) is 18.3 Å². The summed E-state index contributed by atoms with van der Waals surface area (Å²) in [7, 11) is 0. The molecular weight excluding hydrogens is 242 g/mol. The summed E-state index contributed by atoms with van der Waals surface area (Å²) in [5.41, 5.74) is 0. The van der Waals surface area contributed by atoms with E-state index in [-0.39, 0.29) is 32.1 Å². The summed E-state index contributed by atoms with van der Waals surface area (Å²) < 4.78 is 0. The Morgan fingerprint density at radius 2 is 1.38 bits per heavy atom. The lowest BCUT2D eigenvalue weighted by Crippen LogP contribution is -2.49. The fourth-order valence-corrected chi connectivity index (χ4v) is 1.01. The average molecular weight is 262 g/mol. The normalized spacial score (nSPS) is 18.4. The van der Waals surface area contributed by atoms with E-state index in [4.69, 9.17) is 15.3 Å². The summed E-state index contributed by atoms with van der Waals surface area (Å²) in [5, 5.41) is 56.4. The zero-order chi connectivity index (χ0) is 11.8. The van der Waals surface area contributed by atoms with Crippen LogP contribution in [0.4, 0.5) is 0 Å². The SMILES string of the molecule is Cl.OCCNC[C@H](O)[C@@H](O)[C@H](O)[C@H](O)CO. The van der Waals surface area contributed by atoms with Gasteiger partial charge in [-0.2, -0.15) is 0 Å². The zero-order valence-electron chi connectivity index (χ0n) is 8.73. The van der Waals surface area contributed by atoms with E-state index < -0.39 is 31.0 Å². The van der Waals surface area contributed by atoms with Crippen molar-refractivity contribution in [1.82, 2.24) is 5.32 Å². The first kappa shape index (κ1) is 18.4. The van der Waals surface area contributed by atoms with Gasteiger partial charge in [-0.3, -0.25) is 0 Å². The van der Waals surface area contributed by atoms with Gasteiger partial charge in [-0.15, -0.1) is 12.4 Å². The van der Waals surface area contributed by atoms with E-state index in [1.807, 2.05) is 0 Å². The molecule has 0 radical (unpaired) electrons. The molecule has 0 unspecified atom stereocenters. The lowest BCUT2D eigenvalue weighted by atomic mass is 10.0. The molecule has 100 valence electrons. The van der Waals surface area contributed by atoms with E-state index in [1.165, 1.54) is 0 Å². The molecule has 0 aromatic rings. The van der Waals surface area contributed by atoms with Gasteiger partial charge in [-0.1, -0.05) is 0 Å². The van der Waals surface area contributed by atoms with Crippen molar-refractivity contribution in [2.45, 2.75) is 24.4 Å². The van der Waals surface area contributed by atoms with E-state index in [1.54, 1.807) is 0 Å². The molecule has 0 rings (SSSR count). The van der Waals surface area contributed by atoms with Crippen molar-refractivity contribution in [2.24, 2.45) is 0 Å². The van der Waals surface area contributed by atoms with Crippen molar-refractivity contribution < 1.29 is 30.6 Å². The molecule has 0 aromatic heterocycles. The number of rotatable bonds is 8. The van der Waals surface area contributed by atoms with Crippen molar-refractivity contribution in [3.8, 4) is 0 Å². The Kier molecular flexibility index (Phi) is 11.7. The second-order valence-electron chi connectivity index (χ2n) is 3.23. The summed E-state index contributed by atoms with van der Waals surface area (Å²) in [4.78, 5) is 0. The molecule has 8 heteroatoms. The second-order valence-corrected chi connectivity index (χ2v) is 3.23. The largest absolute Gasteiger partial charge is 0.395 e. The molecule has 0 aliphatic rings. The van der Waals surface area contributed by atoms with Crippen LogP contribution in [0, 0.1) is 0 Å². The lowest BCUT2D eigenvalue weighted by molar-refractivity contribution is -0.114. The maximum Gasteiger partial charge on any atom is 0.111 e. The van der Waals surface area contributed by atoms with Crippen LogP contribution >= 0.6 is 12.4 Å². The van der Waals surface area contributed by atoms with E-state index >= 15 is 0 Å². The van der Waals surface area contributed by atoms with Gasteiger partial charge in [0.05, 0.1) is 19.3 Å². The summed E-state index contributed by atoms with van der Waals surface area (Å²) in [5.74, 6) is 0. The molecule has 0 aliphatic heterocycles. The number of aliphatic hydroxyl groups is 6. The number of hydrogen-bond donors (Lipinski definition) is 7. The molecule has 0 aliphatic carbocycles. The first-order chi connectivity index (χ1) is 7.04. The van der Waals surface area contributed by atoms with Crippen molar-refractivity contribution in [3.05, 3.63) is 0 Å². The quantitative estimate of drug-likeness (QED) is 0.225. The summed E-state index contributed by atoms with van der Waals surface area (Å²) in [6.07, 6.45) is -5.94. The molecule has 0 aromatic carbocycles. The Morgan fingerprint density at radius 3 is 1.81 bits per heavy atom. The van der Waals surface area contributed by atoms with E-state index in [0.29, 0.717) is 0 Å². The van der Waals surface area contributed by atoms with Crippen LogP contribution in [0.5, 0.6) is 0 Å². The minimum absolute atomic E-state index is 0. The van der Waals surface area contributed by atoms with Crippen molar-refractivity contribution in [3.63, 3.8) is 0 Å². The van der Waals surface area contributed by atoms with Crippen molar-refractivity contribution in [1.29, 1.82) is 0 Å². The van der Waals surface area contributed by atoms with Gasteiger partial charge >= 0.3 is 0 Å². The van der Waals surface area contributed by atoms with Crippen molar-refractivity contribution in [2.75, 3.05) is 26.3 Å². The number of hydrogen-bond acceptors (Lipinski definition) is 7. The Labute approximate surface area is 99.8 Å². The van der Waals surface area contributed by atoms with E-state index in [9.17, 15) is 15.3 Å². The third-order valence-electron chi connectivity index (χ3n) is 1.97. The van der Waals surface area contributed by atoms with Gasteiger partial charge in [-0.25, -0.2) is 0 Å². The number of nitrogens with one attached hydrogen (secondary N) is 1. The van der Waals surface area contributed by atoms with Gasteiger partial charge in [0.15, 0.2) is 0 Å². The molecule has 0 fully saturated rings. The molecule has 0 amide bonds. The summed E-state index contributed by atoms with van der Waals surface area (Å²) in [6, 6.07) is 0. The topological polar surface area (TPSA) is 133 Å². The van der Waals surface area contributed by atoms with Crippen LogP contribution in [-0.4, -0.2) is 81.4 Å². The predicted molar refractivity (Wildman–Crippen MR) is 58.3 cm³/mol. The van der Waals surface area contributed by atoms with Crippen LogP contribution in [0.15, 0.2) is 0 Å². The van der Waals surface area contributed by atoms with Crippen LogP contribution in [0.25, 0.3) is 0 Å². The first-order valence-electron chi connectivity index (χ1n) is 4.69. The van der Waals surface area contributed by atoms with E-state index in [2.05, 4.69) is 5.32 Å². The van der Waals surface area contributed by atoms with Crippen LogP contribution in [0.2, 0.25) is 0 Å².